The zero-order valence-corrected chi connectivity index (χ0v) is 13.9. The number of nitriles is 1. The van der Waals surface area contributed by atoms with Crippen molar-refractivity contribution in [2.45, 2.75) is 20.3 Å². The van der Waals surface area contributed by atoms with E-state index in [-0.39, 0.29) is 5.57 Å². The number of aryl methyl sites for hydroxylation is 1. The van der Waals surface area contributed by atoms with Gasteiger partial charge in [-0.25, -0.2) is 0 Å². The van der Waals surface area contributed by atoms with Gasteiger partial charge in [0, 0.05) is 11.3 Å². The quantitative estimate of drug-likeness (QED) is 0.641. The van der Waals surface area contributed by atoms with Crippen LogP contribution in [0.1, 0.15) is 25.0 Å². The molecule has 122 valence electrons. The molecule has 4 heteroatoms. The van der Waals surface area contributed by atoms with Crippen molar-refractivity contribution in [1.29, 1.82) is 5.26 Å². The number of nitrogens with zero attached hydrogens (tertiary/aromatic N) is 1. The highest BCUT2D eigenvalue weighted by molar-refractivity contribution is 6.10. The van der Waals surface area contributed by atoms with Crippen LogP contribution in [0.4, 0.5) is 5.69 Å². The Labute approximate surface area is 142 Å². The van der Waals surface area contributed by atoms with E-state index >= 15 is 0 Å². The zero-order valence-electron chi connectivity index (χ0n) is 13.9. The summed E-state index contributed by atoms with van der Waals surface area (Å²) < 4.78 is 5.53. The molecule has 2 aromatic carbocycles. The summed E-state index contributed by atoms with van der Waals surface area (Å²) in [5.74, 6) is 0.221. The first-order chi connectivity index (χ1) is 11.7. The second-order valence-electron chi connectivity index (χ2n) is 5.11. The average Bonchev–Trinajstić information content (AvgIpc) is 2.61. The molecule has 4 nitrogen and oxygen atoms in total. The van der Waals surface area contributed by atoms with Crippen LogP contribution in [0, 0.1) is 11.3 Å². The summed E-state index contributed by atoms with van der Waals surface area (Å²) in [5, 5.41) is 12.2. The van der Waals surface area contributed by atoms with E-state index in [2.05, 4.69) is 5.32 Å². The fourth-order valence-corrected chi connectivity index (χ4v) is 2.33. The fraction of sp³-hybridized carbons (Fsp3) is 0.200. The molecule has 2 rings (SSSR count). The fourth-order valence-electron chi connectivity index (χ4n) is 2.33. The van der Waals surface area contributed by atoms with Crippen molar-refractivity contribution in [3.05, 3.63) is 65.2 Å². The van der Waals surface area contributed by atoms with E-state index in [0.717, 1.165) is 17.7 Å². The van der Waals surface area contributed by atoms with Crippen LogP contribution in [0.2, 0.25) is 0 Å². The predicted molar refractivity (Wildman–Crippen MR) is 95.7 cm³/mol. The number of carbonyl (C=O) groups is 1. The van der Waals surface area contributed by atoms with Gasteiger partial charge in [-0.05, 0) is 37.1 Å². The van der Waals surface area contributed by atoms with Gasteiger partial charge in [-0.1, -0.05) is 43.3 Å². The molecule has 0 heterocycles. The van der Waals surface area contributed by atoms with Gasteiger partial charge in [0.1, 0.15) is 17.4 Å². The van der Waals surface area contributed by atoms with Gasteiger partial charge < -0.3 is 10.1 Å². The SMILES string of the molecule is CCOc1ccccc1/C=C(\C#N)C(=O)Nc1ccccc1CC. The van der Waals surface area contributed by atoms with Crippen molar-refractivity contribution in [3.63, 3.8) is 0 Å². The molecule has 0 spiro atoms. The Morgan fingerprint density at radius 1 is 1.17 bits per heavy atom. The highest BCUT2D eigenvalue weighted by Gasteiger charge is 2.12. The Morgan fingerprint density at radius 3 is 2.58 bits per heavy atom. The Balaban J connectivity index is 2.28. The van der Waals surface area contributed by atoms with E-state index in [9.17, 15) is 10.1 Å². The maximum atomic E-state index is 12.4. The first-order valence-electron chi connectivity index (χ1n) is 7.92. The Kier molecular flexibility index (Phi) is 6.16. The molecule has 0 aliphatic heterocycles. The number of rotatable bonds is 6. The number of hydrogen-bond acceptors (Lipinski definition) is 3. The number of carbonyl (C=O) groups excluding carboxylic acids is 1. The van der Waals surface area contributed by atoms with Crippen LogP contribution in [0.3, 0.4) is 0 Å². The number of nitrogens with one attached hydrogen (secondary N) is 1. The van der Waals surface area contributed by atoms with Gasteiger partial charge >= 0.3 is 0 Å². The number of amides is 1. The summed E-state index contributed by atoms with van der Waals surface area (Å²) in [6.07, 6.45) is 2.35. The van der Waals surface area contributed by atoms with Gasteiger partial charge in [-0.3, -0.25) is 4.79 Å². The minimum atomic E-state index is -0.426. The summed E-state index contributed by atoms with van der Waals surface area (Å²) >= 11 is 0. The molecule has 0 bridgehead atoms. The van der Waals surface area contributed by atoms with E-state index in [0.29, 0.717) is 17.9 Å². The van der Waals surface area contributed by atoms with Gasteiger partial charge in [0.25, 0.3) is 5.91 Å². The third-order valence-corrected chi connectivity index (χ3v) is 3.53. The first-order valence-corrected chi connectivity index (χ1v) is 7.92. The van der Waals surface area contributed by atoms with Crippen LogP contribution < -0.4 is 10.1 Å². The molecule has 2 aromatic rings. The van der Waals surface area contributed by atoms with Crippen molar-refractivity contribution in [1.82, 2.24) is 0 Å². The van der Waals surface area contributed by atoms with Crippen LogP contribution in [0.25, 0.3) is 6.08 Å². The lowest BCUT2D eigenvalue weighted by Crippen LogP contribution is -2.14. The van der Waals surface area contributed by atoms with Crippen molar-refractivity contribution in [2.75, 3.05) is 11.9 Å². The number of ether oxygens (including phenoxy) is 1. The van der Waals surface area contributed by atoms with Crippen molar-refractivity contribution in [2.24, 2.45) is 0 Å². The highest BCUT2D eigenvalue weighted by atomic mass is 16.5. The number of anilines is 1. The molecule has 0 aliphatic carbocycles. The predicted octanol–water partition coefficient (Wildman–Crippen LogP) is 4.19. The number of para-hydroxylation sites is 2. The zero-order chi connectivity index (χ0) is 17.4. The van der Waals surface area contributed by atoms with Crippen LogP contribution in [-0.4, -0.2) is 12.5 Å². The minimum Gasteiger partial charge on any atom is -0.493 e. The van der Waals surface area contributed by atoms with Crippen molar-refractivity contribution in [3.8, 4) is 11.8 Å². The van der Waals surface area contributed by atoms with E-state index in [1.807, 2.05) is 68.4 Å². The number of hydrogen-bond donors (Lipinski definition) is 1. The van der Waals surface area contributed by atoms with Gasteiger partial charge in [-0.2, -0.15) is 5.26 Å². The van der Waals surface area contributed by atoms with E-state index in [1.54, 1.807) is 6.08 Å². The molecule has 1 amide bonds. The van der Waals surface area contributed by atoms with E-state index in [1.165, 1.54) is 0 Å². The van der Waals surface area contributed by atoms with Gasteiger partial charge in [-0.15, -0.1) is 0 Å². The van der Waals surface area contributed by atoms with Crippen LogP contribution in [-0.2, 0) is 11.2 Å². The van der Waals surface area contributed by atoms with E-state index in [4.69, 9.17) is 4.74 Å². The molecular formula is C20H20N2O2. The second kappa shape index (κ2) is 8.54. The minimum absolute atomic E-state index is 0.0352. The van der Waals surface area contributed by atoms with Crippen molar-refractivity contribution < 1.29 is 9.53 Å². The molecule has 0 aliphatic rings. The maximum absolute atomic E-state index is 12.4. The molecule has 0 atom stereocenters. The first kappa shape index (κ1) is 17.3. The van der Waals surface area contributed by atoms with Gasteiger partial charge in [0.15, 0.2) is 0 Å². The Morgan fingerprint density at radius 2 is 1.88 bits per heavy atom. The van der Waals surface area contributed by atoms with Gasteiger partial charge in [0.2, 0.25) is 0 Å². The van der Waals surface area contributed by atoms with Crippen molar-refractivity contribution >= 4 is 17.7 Å². The maximum Gasteiger partial charge on any atom is 0.266 e. The summed E-state index contributed by atoms with van der Waals surface area (Å²) in [5.41, 5.74) is 2.49. The summed E-state index contributed by atoms with van der Waals surface area (Å²) in [6, 6.07) is 16.9. The number of benzene rings is 2. The summed E-state index contributed by atoms with van der Waals surface area (Å²) in [7, 11) is 0. The molecule has 0 aromatic heterocycles. The standard InChI is InChI=1S/C20H20N2O2/c1-3-15-9-5-7-11-18(15)22-20(23)17(14-21)13-16-10-6-8-12-19(16)24-4-2/h5-13H,3-4H2,1-2H3,(H,22,23)/b17-13+. The second-order valence-corrected chi connectivity index (χ2v) is 5.11. The Bertz CT molecular complexity index is 788. The Hall–Kier alpha value is -3.06. The molecular weight excluding hydrogens is 300 g/mol. The summed E-state index contributed by atoms with van der Waals surface area (Å²) in [6.45, 7) is 4.42. The normalized spacial score (nSPS) is 10.8. The smallest absolute Gasteiger partial charge is 0.266 e. The molecule has 0 unspecified atom stereocenters. The van der Waals surface area contributed by atoms with Crippen LogP contribution in [0.5, 0.6) is 5.75 Å². The molecule has 0 saturated heterocycles. The molecule has 0 radical (unpaired) electrons. The monoisotopic (exact) mass is 320 g/mol. The largest absolute Gasteiger partial charge is 0.493 e. The molecule has 0 saturated carbocycles. The lowest BCUT2D eigenvalue weighted by atomic mass is 10.1. The molecule has 0 fully saturated rings. The van der Waals surface area contributed by atoms with Gasteiger partial charge in [0.05, 0.1) is 6.61 Å². The lowest BCUT2D eigenvalue weighted by molar-refractivity contribution is -0.112. The van der Waals surface area contributed by atoms with Crippen LogP contribution >= 0.6 is 0 Å². The molecule has 1 N–H and O–H groups in total. The molecule has 24 heavy (non-hydrogen) atoms. The topological polar surface area (TPSA) is 62.1 Å². The highest BCUT2D eigenvalue weighted by Crippen LogP contribution is 2.22. The van der Waals surface area contributed by atoms with Crippen LogP contribution in [0.15, 0.2) is 54.1 Å². The third kappa shape index (κ3) is 4.23. The van der Waals surface area contributed by atoms with E-state index < -0.39 is 5.91 Å². The third-order valence-electron chi connectivity index (χ3n) is 3.53. The lowest BCUT2D eigenvalue weighted by Gasteiger charge is -2.10. The summed E-state index contributed by atoms with van der Waals surface area (Å²) in [4.78, 5) is 12.4. The average molecular weight is 320 g/mol.